The standard InChI is InChI=1S/C9H12O/c1-7-4-5-9(10-3)6-8(7)2/h4-6,10H,3H2,1-2H3. The molecule has 0 radical (unpaired) electrons. The van der Waals surface area contributed by atoms with E-state index in [1.165, 1.54) is 11.1 Å². The lowest BCUT2D eigenvalue weighted by Crippen LogP contribution is -1.81. The van der Waals surface area contributed by atoms with Crippen molar-refractivity contribution in [1.29, 1.82) is 0 Å². The topological polar surface area (TPSA) is 12.8 Å². The van der Waals surface area contributed by atoms with Crippen LogP contribution in [0.25, 0.3) is 0 Å². The van der Waals surface area contributed by atoms with Crippen LogP contribution in [0.4, 0.5) is 0 Å². The van der Waals surface area contributed by atoms with Gasteiger partial charge in [-0.2, -0.15) is 0 Å². The minimum Gasteiger partial charge on any atom is -0.722 e. The maximum atomic E-state index is 3.82. The molecule has 0 unspecified atom stereocenters. The fraction of sp³-hybridized carbons (Fsp3) is 0.222. The van der Waals surface area contributed by atoms with E-state index in [-0.39, 0.29) is 0 Å². The van der Waals surface area contributed by atoms with Crippen LogP contribution in [-0.4, -0.2) is 4.74 Å². The van der Waals surface area contributed by atoms with Crippen LogP contribution in [0.2, 0.25) is 0 Å². The molecule has 0 saturated heterocycles. The van der Waals surface area contributed by atoms with Crippen LogP contribution in [0.3, 0.4) is 0 Å². The van der Waals surface area contributed by atoms with Gasteiger partial charge in [0.1, 0.15) is 0 Å². The molecule has 0 bridgehead atoms. The van der Waals surface area contributed by atoms with Gasteiger partial charge in [0, 0.05) is 12.1 Å². The quantitative estimate of drug-likeness (QED) is 0.415. The first kappa shape index (κ1) is 7.13. The molecule has 0 aliphatic carbocycles. The molecule has 0 amide bonds. The summed E-state index contributed by atoms with van der Waals surface area (Å²) in [5, 5.41) is 0. The Labute approximate surface area is 61.6 Å². The van der Waals surface area contributed by atoms with Crippen molar-refractivity contribution in [3.63, 3.8) is 0 Å². The van der Waals surface area contributed by atoms with Gasteiger partial charge in [-0.25, -0.2) is 0 Å². The van der Waals surface area contributed by atoms with Crippen LogP contribution in [0.5, 0.6) is 5.75 Å². The monoisotopic (exact) mass is 136 g/mol. The Kier molecular flexibility index (Phi) is 1.95. The van der Waals surface area contributed by atoms with Gasteiger partial charge in [-0.05, 0) is 32.1 Å². The molecule has 1 nitrogen and oxygen atoms in total. The summed E-state index contributed by atoms with van der Waals surface area (Å²) in [5.74, 6) is 0.947. The molecule has 0 aromatic heterocycles. The van der Waals surface area contributed by atoms with Crippen LogP contribution in [0.1, 0.15) is 11.1 Å². The van der Waals surface area contributed by atoms with Crippen molar-refractivity contribution in [2.24, 2.45) is 0 Å². The molecule has 1 aromatic rings. The molecule has 0 aliphatic heterocycles. The van der Waals surface area contributed by atoms with E-state index in [2.05, 4.69) is 31.8 Å². The van der Waals surface area contributed by atoms with E-state index in [0.717, 1.165) is 5.75 Å². The summed E-state index contributed by atoms with van der Waals surface area (Å²) in [6.07, 6.45) is 0. The highest BCUT2D eigenvalue weighted by atomic mass is 16.5. The van der Waals surface area contributed by atoms with E-state index in [1.54, 1.807) is 0 Å². The minimum atomic E-state index is 0.947. The van der Waals surface area contributed by atoms with Crippen LogP contribution >= 0.6 is 0 Å². The zero-order chi connectivity index (χ0) is 7.56. The fourth-order valence-corrected chi connectivity index (χ4v) is 0.824. The predicted molar refractivity (Wildman–Crippen MR) is 42.9 cm³/mol. The summed E-state index contributed by atoms with van der Waals surface area (Å²) in [7, 11) is 3.45. The van der Waals surface area contributed by atoms with Crippen LogP contribution in [-0.2, 0) is 0 Å². The summed E-state index contributed by atoms with van der Waals surface area (Å²) in [6, 6.07) is 6.05. The van der Waals surface area contributed by atoms with Crippen molar-refractivity contribution in [2.75, 3.05) is 0 Å². The molecule has 0 atom stereocenters. The van der Waals surface area contributed by atoms with Crippen molar-refractivity contribution < 1.29 is 4.74 Å². The SMILES string of the molecule is [CH2-][OH+]c1ccc(C)c(C)c1. The van der Waals surface area contributed by atoms with Gasteiger partial charge in [0.2, 0.25) is 5.75 Å². The molecule has 0 fully saturated rings. The van der Waals surface area contributed by atoms with E-state index in [0.29, 0.717) is 0 Å². The number of aryl methyl sites for hydroxylation is 2. The van der Waals surface area contributed by atoms with Gasteiger partial charge in [-0.3, -0.25) is 0 Å². The Morgan fingerprint density at radius 2 is 1.90 bits per heavy atom. The van der Waals surface area contributed by atoms with E-state index < -0.39 is 0 Å². The second-order valence-corrected chi connectivity index (χ2v) is 2.43. The molecule has 0 saturated carbocycles. The average Bonchev–Trinajstić information content (AvgIpc) is 1.95. The first-order valence-corrected chi connectivity index (χ1v) is 3.28. The number of hydrogen-bond acceptors (Lipinski definition) is 0. The predicted octanol–water partition coefficient (Wildman–Crippen LogP) is 2.34. The molecule has 1 aromatic carbocycles. The van der Waals surface area contributed by atoms with Crippen molar-refractivity contribution in [3.05, 3.63) is 36.4 Å². The zero-order valence-corrected chi connectivity index (χ0v) is 6.39. The number of aliphatic hydroxyl groups is 1. The van der Waals surface area contributed by atoms with Crippen molar-refractivity contribution in [2.45, 2.75) is 13.8 Å². The molecule has 10 heavy (non-hydrogen) atoms. The highest BCUT2D eigenvalue weighted by Crippen LogP contribution is 2.16. The normalized spacial score (nSPS) is 9.50. The Balaban J connectivity index is 3.04. The highest BCUT2D eigenvalue weighted by Gasteiger charge is 1.95. The molecule has 1 heteroatoms. The van der Waals surface area contributed by atoms with E-state index in [1.807, 2.05) is 12.1 Å². The summed E-state index contributed by atoms with van der Waals surface area (Å²) in [6.45, 7) is 4.16. The minimum absolute atomic E-state index is 0.947. The van der Waals surface area contributed by atoms with Crippen LogP contribution < -0.4 is 0 Å². The first-order valence-electron chi connectivity index (χ1n) is 3.28. The lowest BCUT2D eigenvalue weighted by Gasteiger charge is -2.04. The van der Waals surface area contributed by atoms with Crippen molar-refractivity contribution >= 4 is 0 Å². The molecular weight excluding hydrogens is 124 g/mol. The number of hydrogen-bond donors (Lipinski definition) is 0. The molecule has 0 heterocycles. The summed E-state index contributed by atoms with van der Waals surface area (Å²) < 4.78 is 3.82. The molecule has 1 rings (SSSR count). The van der Waals surface area contributed by atoms with Gasteiger partial charge in [0.05, 0.1) is 0 Å². The van der Waals surface area contributed by atoms with Gasteiger partial charge in [-0.1, -0.05) is 6.07 Å². The summed E-state index contributed by atoms with van der Waals surface area (Å²) in [5.41, 5.74) is 2.57. The Morgan fingerprint density at radius 1 is 1.20 bits per heavy atom. The van der Waals surface area contributed by atoms with Gasteiger partial charge in [0.25, 0.3) is 0 Å². The molecule has 0 spiro atoms. The Morgan fingerprint density at radius 3 is 2.40 bits per heavy atom. The van der Waals surface area contributed by atoms with Crippen molar-refractivity contribution in [3.8, 4) is 5.75 Å². The zero-order valence-electron chi connectivity index (χ0n) is 6.39. The number of aromatic hydroxyl groups is 1. The molecular formula is C9H12O. The maximum Gasteiger partial charge on any atom is 0.226 e. The Hall–Kier alpha value is -0.980. The van der Waals surface area contributed by atoms with Gasteiger partial charge < -0.3 is 4.74 Å². The maximum absolute atomic E-state index is 3.82. The highest BCUT2D eigenvalue weighted by molar-refractivity contribution is 5.33. The average molecular weight is 136 g/mol. The third-order valence-electron chi connectivity index (χ3n) is 1.67. The number of rotatable bonds is 1. The van der Waals surface area contributed by atoms with Gasteiger partial charge >= 0.3 is 0 Å². The second kappa shape index (κ2) is 2.74. The second-order valence-electron chi connectivity index (χ2n) is 2.43. The van der Waals surface area contributed by atoms with E-state index in [9.17, 15) is 0 Å². The molecule has 1 N–H and O–H groups in total. The molecule has 54 valence electrons. The smallest absolute Gasteiger partial charge is 0.226 e. The summed E-state index contributed by atoms with van der Waals surface area (Å²) >= 11 is 0. The molecule has 0 aliphatic rings. The first-order chi connectivity index (χ1) is 4.74. The van der Waals surface area contributed by atoms with Crippen LogP contribution in [0, 0.1) is 21.0 Å². The lowest BCUT2D eigenvalue weighted by atomic mass is 10.1. The fourth-order valence-electron chi connectivity index (χ4n) is 0.824. The van der Waals surface area contributed by atoms with Gasteiger partial charge in [0.15, 0.2) is 0 Å². The third-order valence-corrected chi connectivity index (χ3v) is 1.67. The largest absolute Gasteiger partial charge is 0.722 e. The van der Waals surface area contributed by atoms with E-state index in [4.69, 9.17) is 0 Å². The lowest BCUT2D eigenvalue weighted by molar-refractivity contribution is 0.185. The Bertz CT molecular complexity index is 228. The number of ether oxygens (including phenoxy) is 1. The van der Waals surface area contributed by atoms with E-state index >= 15 is 0 Å². The number of benzene rings is 1. The van der Waals surface area contributed by atoms with Gasteiger partial charge in [-0.15, -0.1) is 0 Å². The van der Waals surface area contributed by atoms with Crippen LogP contribution in [0.15, 0.2) is 18.2 Å². The summed E-state index contributed by atoms with van der Waals surface area (Å²) in [4.78, 5) is 0. The third kappa shape index (κ3) is 1.29. The van der Waals surface area contributed by atoms with Crippen molar-refractivity contribution in [1.82, 2.24) is 0 Å².